The summed E-state index contributed by atoms with van der Waals surface area (Å²) in [5, 5.41) is 6.16. The number of amides is 1. The number of carbonyl (C=O) groups excluding carboxylic acids is 1. The van der Waals surface area contributed by atoms with Crippen LogP contribution in [-0.2, 0) is 0 Å². The maximum atomic E-state index is 12.3. The Bertz CT molecular complexity index is 738. The maximum Gasteiger partial charge on any atom is 0.270 e. The number of anilines is 2. The van der Waals surface area contributed by atoms with Gasteiger partial charge in [-0.3, -0.25) is 4.79 Å². The maximum absolute atomic E-state index is 12.3. The Balaban J connectivity index is 2.28. The average molecular weight is 377 g/mol. The fourth-order valence-corrected chi connectivity index (χ4v) is 2.53. The van der Waals surface area contributed by atoms with Gasteiger partial charge in [-0.1, -0.05) is 15.9 Å². The molecule has 0 unspecified atom stereocenters. The highest BCUT2D eigenvalue weighted by molar-refractivity contribution is 9.10. The van der Waals surface area contributed by atoms with Crippen LogP contribution >= 0.6 is 15.9 Å². The first-order valence-electron chi connectivity index (χ1n) is 7.35. The number of nitrogens with zero attached hydrogens (tertiary/aromatic N) is 2. The van der Waals surface area contributed by atoms with Crippen molar-refractivity contribution in [2.45, 2.75) is 40.2 Å². The van der Waals surface area contributed by atoms with Crippen molar-refractivity contribution >= 4 is 33.3 Å². The molecule has 0 radical (unpaired) electrons. The zero-order valence-electron chi connectivity index (χ0n) is 14.0. The molecular formula is C17H21BrN4O. The lowest BCUT2D eigenvalue weighted by Gasteiger charge is -2.20. The van der Waals surface area contributed by atoms with E-state index in [1.807, 2.05) is 45.9 Å². The molecule has 2 aromatic rings. The zero-order valence-corrected chi connectivity index (χ0v) is 15.6. The standard InChI is InChI=1S/C17H21BrN4O/c1-10-8-12(18)6-7-13(10)21-15-9-14(19-11(2)20-15)16(23)22-17(3,4)5/h6-9H,1-5H3,(H,22,23)(H,19,20,21). The van der Waals surface area contributed by atoms with E-state index in [-0.39, 0.29) is 11.4 Å². The van der Waals surface area contributed by atoms with Crippen LogP contribution in [0.4, 0.5) is 11.5 Å². The molecule has 1 heterocycles. The van der Waals surface area contributed by atoms with Gasteiger partial charge in [0.1, 0.15) is 17.3 Å². The Kier molecular flexibility index (Phi) is 5.04. The first-order chi connectivity index (χ1) is 10.6. The lowest BCUT2D eigenvalue weighted by molar-refractivity contribution is 0.0914. The van der Waals surface area contributed by atoms with E-state index in [2.05, 4.69) is 36.5 Å². The van der Waals surface area contributed by atoms with Crippen molar-refractivity contribution in [1.29, 1.82) is 0 Å². The summed E-state index contributed by atoms with van der Waals surface area (Å²) in [7, 11) is 0. The van der Waals surface area contributed by atoms with Crippen LogP contribution in [-0.4, -0.2) is 21.4 Å². The largest absolute Gasteiger partial charge is 0.346 e. The first-order valence-corrected chi connectivity index (χ1v) is 8.15. The SMILES string of the molecule is Cc1nc(Nc2ccc(Br)cc2C)cc(C(=O)NC(C)(C)C)n1. The Labute approximate surface area is 145 Å². The molecule has 0 saturated carbocycles. The van der Waals surface area contributed by atoms with Gasteiger partial charge in [-0.05, 0) is 58.4 Å². The van der Waals surface area contributed by atoms with Crippen molar-refractivity contribution < 1.29 is 4.79 Å². The molecule has 0 aliphatic rings. The summed E-state index contributed by atoms with van der Waals surface area (Å²) < 4.78 is 1.02. The second-order valence-electron chi connectivity index (χ2n) is 6.47. The molecule has 0 atom stereocenters. The number of aromatic nitrogens is 2. The van der Waals surface area contributed by atoms with Crippen molar-refractivity contribution in [2.75, 3.05) is 5.32 Å². The van der Waals surface area contributed by atoms with E-state index in [9.17, 15) is 4.79 Å². The number of aryl methyl sites for hydroxylation is 2. The number of hydrogen-bond acceptors (Lipinski definition) is 4. The van der Waals surface area contributed by atoms with E-state index in [4.69, 9.17) is 0 Å². The minimum atomic E-state index is -0.314. The smallest absolute Gasteiger partial charge is 0.270 e. The van der Waals surface area contributed by atoms with Gasteiger partial charge in [0.25, 0.3) is 5.91 Å². The van der Waals surface area contributed by atoms with Crippen LogP contribution in [0.25, 0.3) is 0 Å². The summed E-state index contributed by atoms with van der Waals surface area (Å²) in [6.45, 7) is 9.58. The molecule has 23 heavy (non-hydrogen) atoms. The van der Waals surface area contributed by atoms with Gasteiger partial charge in [-0.25, -0.2) is 9.97 Å². The molecule has 2 N–H and O–H groups in total. The van der Waals surface area contributed by atoms with Gasteiger partial charge < -0.3 is 10.6 Å². The first kappa shape index (κ1) is 17.4. The van der Waals surface area contributed by atoms with Crippen LogP contribution < -0.4 is 10.6 Å². The minimum Gasteiger partial charge on any atom is -0.346 e. The van der Waals surface area contributed by atoms with Crippen molar-refractivity contribution in [3.63, 3.8) is 0 Å². The van der Waals surface area contributed by atoms with Crippen LogP contribution in [0.15, 0.2) is 28.7 Å². The van der Waals surface area contributed by atoms with Crippen molar-refractivity contribution in [3.05, 3.63) is 45.8 Å². The van der Waals surface area contributed by atoms with Gasteiger partial charge in [-0.15, -0.1) is 0 Å². The van der Waals surface area contributed by atoms with Gasteiger partial charge >= 0.3 is 0 Å². The predicted molar refractivity (Wildman–Crippen MR) is 96.1 cm³/mol. The average Bonchev–Trinajstić information content (AvgIpc) is 2.39. The Morgan fingerprint density at radius 1 is 1.13 bits per heavy atom. The fraction of sp³-hybridized carbons (Fsp3) is 0.353. The van der Waals surface area contributed by atoms with Gasteiger partial charge in [0.15, 0.2) is 0 Å². The van der Waals surface area contributed by atoms with E-state index < -0.39 is 0 Å². The van der Waals surface area contributed by atoms with E-state index in [1.165, 1.54) is 0 Å². The van der Waals surface area contributed by atoms with Crippen molar-refractivity contribution in [2.24, 2.45) is 0 Å². The lowest BCUT2D eigenvalue weighted by atomic mass is 10.1. The topological polar surface area (TPSA) is 66.9 Å². The minimum absolute atomic E-state index is 0.210. The van der Waals surface area contributed by atoms with Gasteiger partial charge in [0.2, 0.25) is 0 Å². The number of nitrogens with one attached hydrogen (secondary N) is 2. The molecule has 6 heteroatoms. The molecule has 2 rings (SSSR count). The molecule has 0 spiro atoms. The quantitative estimate of drug-likeness (QED) is 0.844. The molecule has 0 saturated heterocycles. The highest BCUT2D eigenvalue weighted by atomic mass is 79.9. The van der Waals surface area contributed by atoms with Gasteiger partial charge in [-0.2, -0.15) is 0 Å². The third-order valence-corrected chi connectivity index (χ3v) is 3.50. The van der Waals surface area contributed by atoms with Crippen LogP contribution in [0.5, 0.6) is 0 Å². The van der Waals surface area contributed by atoms with Crippen LogP contribution in [0.3, 0.4) is 0 Å². The Morgan fingerprint density at radius 3 is 2.43 bits per heavy atom. The molecule has 1 aromatic heterocycles. The molecule has 0 fully saturated rings. The van der Waals surface area contributed by atoms with E-state index in [0.717, 1.165) is 15.7 Å². The second-order valence-corrected chi connectivity index (χ2v) is 7.39. The van der Waals surface area contributed by atoms with Gasteiger partial charge in [0.05, 0.1) is 0 Å². The monoisotopic (exact) mass is 376 g/mol. The molecule has 5 nitrogen and oxygen atoms in total. The summed E-state index contributed by atoms with van der Waals surface area (Å²) in [6, 6.07) is 7.60. The number of hydrogen-bond donors (Lipinski definition) is 2. The Morgan fingerprint density at radius 2 is 1.83 bits per heavy atom. The summed E-state index contributed by atoms with van der Waals surface area (Å²) in [5.74, 6) is 0.935. The molecule has 0 bridgehead atoms. The lowest BCUT2D eigenvalue weighted by Crippen LogP contribution is -2.41. The van der Waals surface area contributed by atoms with E-state index in [1.54, 1.807) is 13.0 Å². The molecule has 0 aliphatic heterocycles. The van der Waals surface area contributed by atoms with Crippen molar-refractivity contribution in [1.82, 2.24) is 15.3 Å². The highest BCUT2D eigenvalue weighted by Gasteiger charge is 2.17. The van der Waals surface area contributed by atoms with Crippen LogP contribution in [0.2, 0.25) is 0 Å². The summed E-state index contributed by atoms with van der Waals surface area (Å²) in [5.41, 5.74) is 2.06. The highest BCUT2D eigenvalue weighted by Crippen LogP contribution is 2.23. The van der Waals surface area contributed by atoms with E-state index in [0.29, 0.717) is 17.3 Å². The third-order valence-electron chi connectivity index (χ3n) is 3.01. The molecule has 1 aromatic carbocycles. The number of rotatable bonds is 3. The molecule has 122 valence electrons. The van der Waals surface area contributed by atoms with Crippen molar-refractivity contribution in [3.8, 4) is 0 Å². The number of halogens is 1. The zero-order chi connectivity index (χ0) is 17.2. The summed E-state index contributed by atoms with van der Waals surface area (Å²) >= 11 is 3.45. The van der Waals surface area contributed by atoms with Crippen LogP contribution in [0.1, 0.15) is 42.6 Å². The second kappa shape index (κ2) is 6.66. The summed E-state index contributed by atoms with van der Waals surface area (Å²) in [6.07, 6.45) is 0. The Hall–Kier alpha value is -1.95. The predicted octanol–water partition coefficient (Wildman–Crippen LogP) is 4.13. The van der Waals surface area contributed by atoms with Gasteiger partial charge in [0, 0.05) is 21.8 Å². The van der Waals surface area contributed by atoms with E-state index >= 15 is 0 Å². The third kappa shape index (κ3) is 5.03. The fourth-order valence-electron chi connectivity index (χ4n) is 2.06. The molecule has 0 aliphatic carbocycles. The molecule has 1 amide bonds. The summed E-state index contributed by atoms with van der Waals surface area (Å²) in [4.78, 5) is 20.9. The normalized spacial score (nSPS) is 11.2. The number of carbonyl (C=O) groups is 1. The van der Waals surface area contributed by atoms with Crippen LogP contribution in [0, 0.1) is 13.8 Å². The number of benzene rings is 1. The molecular weight excluding hydrogens is 356 g/mol.